The van der Waals surface area contributed by atoms with Crippen LogP contribution in [-0.4, -0.2) is 85.5 Å². The molecule has 12 nitrogen and oxygen atoms in total. The van der Waals surface area contributed by atoms with E-state index in [0.29, 0.717) is 0 Å². The van der Waals surface area contributed by atoms with Crippen molar-refractivity contribution < 1.29 is 31.5 Å². The number of carbonyl (C=O) groups excluding carboxylic acids is 1. The van der Waals surface area contributed by atoms with Crippen LogP contribution in [0.3, 0.4) is 0 Å². The van der Waals surface area contributed by atoms with Crippen LogP contribution in [-0.2, 0) is 27.1 Å². The predicted molar refractivity (Wildman–Crippen MR) is 146 cm³/mol. The number of nitrogens with one attached hydrogen (secondary N) is 1. The first kappa shape index (κ1) is 29.0. The summed E-state index contributed by atoms with van der Waals surface area (Å²) < 4.78 is 63.3. The van der Waals surface area contributed by atoms with Crippen LogP contribution in [0.15, 0.2) is 57.5 Å². The zero-order chi connectivity index (χ0) is 28.5. The number of sulfonamides is 2. The molecule has 0 unspecified atom stereocenters. The lowest BCUT2D eigenvalue weighted by Crippen LogP contribution is -2.50. The maximum absolute atomic E-state index is 13.6. The maximum Gasteiger partial charge on any atom is 0.280 e. The summed E-state index contributed by atoms with van der Waals surface area (Å²) >= 11 is 1.12. The van der Waals surface area contributed by atoms with Crippen molar-refractivity contribution in [2.75, 3.05) is 31.5 Å². The molecule has 0 saturated carbocycles. The molecule has 1 aliphatic rings. The number of likely N-dealkylation sites (N-methyl/N-ethyl adjacent to an activating group) is 1. The number of aryl methyl sites for hydroxylation is 1. The Kier molecular flexibility index (Phi) is 8.37. The smallest absolute Gasteiger partial charge is 0.280 e. The first-order chi connectivity index (χ1) is 18.3. The summed E-state index contributed by atoms with van der Waals surface area (Å²) in [4.78, 5) is 19.0. The lowest BCUT2D eigenvalue weighted by atomic mass is 9.99. The van der Waals surface area contributed by atoms with Crippen LogP contribution in [0, 0.1) is 5.92 Å². The number of aliphatic hydroxyl groups is 1. The molecule has 3 heterocycles. The van der Waals surface area contributed by atoms with E-state index in [-0.39, 0.29) is 51.8 Å². The number of thiophene rings is 1. The second kappa shape index (κ2) is 11.3. The van der Waals surface area contributed by atoms with Gasteiger partial charge in [-0.15, -0.1) is 11.3 Å². The minimum absolute atomic E-state index is 0.00440. The van der Waals surface area contributed by atoms with Gasteiger partial charge in [-0.25, -0.2) is 13.4 Å². The van der Waals surface area contributed by atoms with Gasteiger partial charge in [-0.2, -0.15) is 12.7 Å². The third-order valence-electron chi connectivity index (χ3n) is 6.47. The number of anilines is 1. The molecular weight excluding hydrogens is 566 g/mol. The van der Waals surface area contributed by atoms with Crippen LogP contribution in [0.2, 0.25) is 0 Å². The molecule has 4 rings (SSSR count). The molecule has 15 heteroatoms. The van der Waals surface area contributed by atoms with Gasteiger partial charge >= 0.3 is 0 Å². The normalized spacial score (nSPS) is 19.2. The molecule has 0 bridgehead atoms. The number of hydrogen-bond donors (Lipinski definition) is 2. The number of nitrogens with zero attached hydrogens (tertiary/aromatic N) is 4. The number of ether oxygens (including phenoxy) is 1. The number of amides is 1. The van der Waals surface area contributed by atoms with Crippen LogP contribution < -0.4 is 9.46 Å². The molecule has 0 radical (unpaired) electrons. The van der Waals surface area contributed by atoms with Gasteiger partial charge in [-0.1, -0.05) is 13.0 Å². The van der Waals surface area contributed by atoms with Crippen molar-refractivity contribution in [2.24, 2.45) is 13.0 Å². The Morgan fingerprint density at radius 3 is 2.64 bits per heavy atom. The first-order valence-corrected chi connectivity index (χ1v) is 15.9. The Hall–Kier alpha value is -2.98. The standard InChI is InChI=1S/C24H31N5O7S3/c1-16-11-29(17(2)14-30)24(31)19-10-18(26-38(32,33)22-13-27(3)15-25-22)7-8-20(19)36-21(16)12-28(4)39(34,35)23-6-5-9-37-23/h5-10,13,15-17,21,26,30H,11-12,14H2,1-4H3/t16-,17-,21-/m0/s1. The highest BCUT2D eigenvalue weighted by molar-refractivity contribution is 7.92. The molecule has 0 fully saturated rings. The minimum Gasteiger partial charge on any atom is -0.488 e. The zero-order valence-electron chi connectivity index (χ0n) is 21.9. The van der Waals surface area contributed by atoms with E-state index in [1.165, 1.54) is 57.6 Å². The van der Waals surface area contributed by atoms with Crippen molar-refractivity contribution in [3.05, 3.63) is 53.8 Å². The molecular formula is C24H31N5O7S3. The van der Waals surface area contributed by atoms with Crippen molar-refractivity contribution in [1.29, 1.82) is 0 Å². The highest BCUT2D eigenvalue weighted by atomic mass is 32.2. The molecule has 212 valence electrons. The van der Waals surface area contributed by atoms with Crippen LogP contribution in [0.5, 0.6) is 5.75 Å². The number of hydrogen-bond acceptors (Lipinski definition) is 9. The fraction of sp³-hybridized carbons (Fsp3) is 0.417. The molecule has 3 atom stereocenters. The van der Waals surface area contributed by atoms with Gasteiger partial charge in [0.25, 0.3) is 26.0 Å². The first-order valence-electron chi connectivity index (χ1n) is 12.1. The summed E-state index contributed by atoms with van der Waals surface area (Å²) in [5, 5.41) is 11.4. The van der Waals surface area contributed by atoms with Gasteiger partial charge in [0.05, 0.1) is 31.1 Å². The Bertz CT molecular complexity index is 1540. The van der Waals surface area contributed by atoms with Gasteiger partial charge < -0.3 is 19.3 Å². The van der Waals surface area contributed by atoms with Gasteiger partial charge in [0.15, 0.2) is 5.03 Å². The molecule has 39 heavy (non-hydrogen) atoms. The van der Waals surface area contributed by atoms with E-state index < -0.39 is 38.1 Å². The highest BCUT2D eigenvalue weighted by Gasteiger charge is 2.35. The van der Waals surface area contributed by atoms with E-state index in [2.05, 4.69) is 9.71 Å². The third kappa shape index (κ3) is 6.11. The SMILES string of the molecule is C[C@H]1CN([C@@H](C)CO)C(=O)c2cc(NS(=O)(=O)c3cn(C)cn3)ccc2O[C@H]1CN(C)S(=O)(=O)c1cccs1. The van der Waals surface area contributed by atoms with E-state index in [9.17, 15) is 26.7 Å². The van der Waals surface area contributed by atoms with Crippen molar-refractivity contribution in [3.63, 3.8) is 0 Å². The maximum atomic E-state index is 13.6. The second-order valence-electron chi connectivity index (χ2n) is 9.53. The molecule has 3 aromatic rings. The monoisotopic (exact) mass is 597 g/mol. The van der Waals surface area contributed by atoms with Crippen molar-refractivity contribution >= 4 is 43.0 Å². The van der Waals surface area contributed by atoms with Gasteiger partial charge in [-0.05, 0) is 36.6 Å². The Labute approximate surface area is 231 Å². The van der Waals surface area contributed by atoms with Crippen LogP contribution in [0.25, 0.3) is 0 Å². The van der Waals surface area contributed by atoms with Crippen molar-refractivity contribution in [1.82, 2.24) is 18.8 Å². The number of imidazole rings is 1. The van der Waals surface area contributed by atoms with Crippen LogP contribution in [0.1, 0.15) is 24.2 Å². The van der Waals surface area contributed by atoms with Gasteiger partial charge in [0.1, 0.15) is 16.1 Å². The number of rotatable bonds is 9. The Balaban J connectivity index is 1.68. The van der Waals surface area contributed by atoms with Crippen molar-refractivity contribution in [2.45, 2.75) is 35.2 Å². The molecule has 2 N–H and O–H groups in total. The minimum atomic E-state index is -4.02. The number of fused-ring (bicyclic) bond motifs is 1. The largest absolute Gasteiger partial charge is 0.488 e. The summed E-state index contributed by atoms with van der Waals surface area (Å²) in [7, 11) is -4.65. The summed E-state index contributed by atoms with van der Waals surface area (Å²) in [6.07, 6.45) is 2.06. The molecule has 0 aliphatic carbocycles. The lowest BCUT2D eigenvalue weighted by molar-refractivity contribution is 0.0387. The fourth-order valence-corrected chi connectivity index (χ4v) is 7.57. The fourth-order valence-electron chi connectivity index (χ4n) is 4.15. The zero-order valence-corrected chi connectivity index (χ0v) is 24.3. The van der Waals surface area contributed by atoms with E-state index >= 15 is 0 Å². The number of aromatic nitrogens is 2. The summed E-state index contributed by atoms with van der Waals surface area (Å²) in [6, 6.07) is 6.95. The van der Waals surface area contributed by atoms with Crippen LogP contribution in [0.4, 0.5) is 5.69 Å². The molecule has 1 amide bonds. The van der Waals surface area contributed by atoms with Gasteiger partial charge in [0, 0.05) is 38.4 Å². The third-order valence-corrected chi connectivity index (χ3v) is 10.9. The molecule has 1 aliphatic heterocycles. The molecule has 0 saturated heterocycles. The second-order valence-corrected chi connectivity index (χ2v) is 14.4. The predicted octanol–water partition coefficient (Wildman–Crippen LogP) is 1.82. The number of benzene rings is 1. The van der Waals surface area contributed by atoms with E-state index in [1.54, 1.807) is 25.4 Å². The number of carbonyl (C=O) groups is 1. The number of aliphatic hydroxyl groups excluding tert-OH is 1. The Morgan fingerprint density at radius 2 is 2.03 bits per heavy atom. The molecule has 0 spiro atoms. The van der Waals surface area contributed by atoms with E-state index in [1.807, 2.05) is 6.92 Å². The quantitative estimate of drug-likeness (QED) is 0.379. The molecule has 2 aromatic heterocycles. The Morgan fingerprint density at radius 1 is 1.28 bits per heavy atom. The van der Waals surface area contributed by atoms with Gasteiger partial charge in [0.2, 0.25) is 0 Å². The van der Waals surface area contributed by atoms with Crippen LogP contribution >= 0.6 is 11.3 Å². The van der Waals surface area contributed by atoms with E-state index in [0.717, 1.165) is 11.3 Å². The summed E-state index contributed by atoms with van der Waals surface area (Å²) in [5.41, 5.74) is 0.202. The summed E-state index contributed by atoms with van der Waals surface area (Å²) in [6.45, 7) is 3.44. The summed E-state index contributed by atoms with van der Waals surface area (Å²) in [5.74, 6) is -0.580. The van der Waals surface area contributed by atoms with E-state index in [4.69, 9.17) is 4.74 Å². The highest BCUT2D eigenvalue weighted by Crippen LogP contribution is 2.32. The average Bonchev–Trinajstić information content (AvgIpc) is 3.59. The topological polar surface area (TPSA) is 151 Å². The average molecular weight is 598 g/mol. The van der Waals surface area contributed by atoms with Gasteiger partial charge in [-0.3, -0.25) is 9.52 Å². The lowest BCUT2D eigenvalue weighted by Gasteiger charge is -2.38. The van der Waals surface area contributed by atoms with Crippen molar-refractivity contribution in [3.8, 4) is 5.75 Å². The molecule has 1 aromatic carbocycles.